The average Bonchev–Trinajstić information content (AvgIpc) is 2.82. The van der Waals surface area contributed by atoms with Crippen molar-refractivity contribution in [2.24, 2.45) is 0 Å². The number of hydrogen-bond acceptors (Lipinski definition) is 5. The Labute approximate surface area is 184 Å². The summed E-state index contributed by atoms with van der Waals surface area (Å²) in [5.41, 5.74) is 4.42. The minimum atomic E-state index is -0.522. The highest BCUT2D eigenvalue weighted by atomic mass is 16.6. The van der Waals surface area contributed by atoms with Gasteiger partial charge in [-0.2, -0.15) is 0 Å². The van der Waals surface area contributed by atoms with Crippen molar-refractivity contribution in [2.45, 2.75) is 41.0 Å². The lowest BCUT2D eigenvalue weighted by Crippen LogP contribution is -2.30. The molecule has 2 amide bonds. The zero-order chi connectivity index (χ0) is 22.7. The molecule has 166 valence electrons. The van der Waals surface area contributed by atoms with E-state index in [4.69, 9.17) is 4.74 Å². The number of pyridine rings is 1. The second-order valence-electron chi connectivity index (χ2n) is 7.94. The molecule has 31 heavy (non-hydrogen) atoms. The third-order valence-electron chi connectivity index (χ3n) is 5.88. The summed E-state index contributed by atoms with van der Waals surface area (Å²) < 4.78 is 5.66. The summed E-state index contributed by atoms with van der Waals surface area (Å²) in [5, 5.41) is 0. The zero-order valence-corrected chi connectivity index (χ0v) is 19.4. The van der Waals surface area contributed by atoms with Crippen molar-refractivity contribution >= 4 is 29.2 Å². The van der Waals surface area contributed by atoms with Gasteiger partial charge in [-0.1, -0.05) is 13.8 Å². The molecule has 0 saturated heterocycles. The maximum atomic E-state index is 13.3. The fourth-order valence-corrected chi connectivity index (χ4v) is 3.75. The number of nitrogens with zero attached hydrogens (tertiary/aromatic N) is 4. The highest BCUT2D eigenvalue weighted by molar-refractivity contribution is 6.17. The summed E-state index contributed by atoms with van der Waals surface area (Å²) >= 11 is 0. The van der Waals surface area contributed by atoms with Gasteiger partial charge in [0, 0.05) is 19.3 Å². The molecule has 0 unspecified atom stereocenters. The molecule has 1 aliphatic rings. The summed E-state index contributed by atoms with van der Waals surface area (Å²) in [7, 11) is 1.72. The van der Waals surface area contributed by atoms with E-state index in [0.717, 1.165) is 42.9 Å². The minimum Gasteiger partial charge on any atom is -0.449 e. The SMILES string of the molecule is CCN(CC)CCCOC(=O)N1c2cc(C)c(C)cc2N(C)C(=O)c2ccc(C)nc21. The predicted octanol–water partition coefficient (Wildman–Crippen LogP) is 4.60. The standard InChI is InChI=1S/C24H32N4O3/c1-7-27(8-2)12-9-13-31-24(30)28-21-15-17(4)16(3)14-20(21)26(6)23(29)19-11-10-18(5)25-22(19)28/h10-11,14-15H,7-9,12-13H2,1-6H3. The van der Waals surface area contributed by atoms with E-state index in [2.05, 4.69) is 23.7 Å². The van der Waals surface area contributed by atoms with Crippen LogP contribution in [0.4, 0.5) is 22.0 Å². The largest absolute Gasteiger partial charge is 0.449 e. The molecule has 3 rings (SSSR count). The fraction of sp³-hybridized carbons (Fsp3) is 0.458. The van der Waals surface area contributed by atoms with Crippen LogP contribution in [0.2, 0.25) is 0 Å². The van der Waals surface area contributed by atoms with Crippen molar-refractivity contribution in [2.75, 3.05) is 43.1 Å². The van der Waals surface area contributed by atoms with Crippen molar-refractivity contribution in [3.8, 4) is 0 Å². The van der Waals surface area contributed by atoms with Crippen molar-refractivity contribution in [1.82, 2.24) is 9.88 Å². The Morgan fingerprint density at radius 3 is 2.35 bits per heavy atom. The third-order valence-corrected chi connectivity index (χ3v) is 5.88. The third kappa shape index (κ3) is 4.56. The first-order chi connectivity index (χ1) is 14.8. The van der Waals surface area contributed by atoms with Gasteiger partial charge in [-0.3, -0.25) is 4.79 Å². The van der Waals surface area contributed by atoms with Crippen LogP contribution in [-0.4, -0.2) is 55.2 Å². The smallest absolute Gasteiger partial charge is 0.420 e. The van der Waals surface area contributed by atoms with Crippen molar-refractivity contribution in [1.29, 1.82) is 0 Å². The van der Waals surface area contributed by atoms with Crippen molar-refractivity contribution < 1.29 is 14.3 Å². The van der Waals surface area contributed by atoms with E-state index in [9.17, 15) is 9.59 Å². The maximum Gasteiger partial charge on any atom is 0.420 e. The van der Waals surface area contributed by atoms with Gasteiger partial charge in [0.2, 0.25) is 0 Å². The molecule has 0 fully saturated rings. The number of carbonyl (C=O) groups excluding carboxylic acids is 2. The summed E-state index contributed by atoms with van der Waals surface area (Å²) in [6.45, 7) is 13.2. The van der Waals surface area contributed by atoms with Crippen LogP contribution in [0.25, 0.3) is 0 Å². The Hall–Kier alpha value is -2.93. The molecule has 7 nitrogen and oxygen atoms in total. The number of aromatic nitrogens is 1. The number of anilines is 3. The van der Waals surface area contributed by atoms with Crippen molar-refractivity contribution in [3.05, 3.63) is 46.6 Å². The number of fused-ring (bicyclic) bond motifs is 2. The molecule has 0 radical (unpaired) electrons. The number of benzene rings is 1. The van der Waals surface area contributed by atoms with Gasteiger partial charge in [0.25, 0.3) is 5.91 Å². The Balaban J connectivity index is 2.00. The number of aryl methyl sites for hydroxylation is 3. The molecule has 2 aromatic rings. The molecule has 1 aromatic carbocycles. The predicted molar refractivity (Wildman–Crippen MR) is 124 cm³/mol. The number of carbonyl (C=O) groups is 2. The second kappa shape index (κ2) is 9.47. The molecule has 0 saturated carbocycles. The van der Waals surface area contributed by atoms with Gasteiger partial charge in [0.1, 0.15) is 0 Å². The van der Waals surface area contributed by atoms with Gasteiger partial charge in [0.15, 0.2) is 5.82 Å². The van der Waals surface area contributed by atoms with E-state index >= 15 is 0 Å². The van der Waals surface area contributed by atoms with Crippen LogP contribution >= 0.6 is 0 Å². The van der Waals surface area contributed by atoms with Crippen LogP contribution in [0.1, 0.15) is 47.4 Å². The Bertz CT molecular complexity index is 985. The molecule has 7 heteroatoms. The summed E-state index contributed by atoms with van der Waals surface area (Å²) in [6, 6.07) is 7.36. The highest BCUT2D eigenvalue weighted by Crippen LogP contribution is 2.41. The lowest BCUT2D eigenvalue weighted by molar-refractivity contribution is 0.0994. The van der Waals surface area contributed by atoms with Crippen LogP contribution in [0.5, 0.6) is 0 Å². The summed E-state index contributed by atoms with van der Waals surface area (Å²) in [5.74, 6) is 0.108. The van der Waals surface area contributed by atoms with Gasteiger partial charge in [-0.15, -0.1) is 0 Å². The van der Waals surface area contributed by atoms with Crippen LogP contribution in [0, 0.1) is 20.8 Å². The zero-order valence-electron chi connectivity index (χ0n) is 19.4. The highest BCUT2D eigenvalue weighted by Gasteiger charge is 2.35. The van der Waals surface area contributed by atoms with Gasteiger partial charge < -0.3 is 14.5 Å². The Morgan fingerprint density at radius 2 is 1.71 bits per heavy atom. The number of rotatable bonds is 6. The first-order valence-electron chi connectivity index (χ1n) is 10.8. The Kier molecular flexibility index (Phi) is 6.95. The maximum absolute atomic E-state index is 13.3. The molecule has 2 heterocycles. The summed E-state index contributed by atoms with van der Waals surface area (Å²) in [6.07, 6.45) is 0.222. The molecule has 0 N–H and O–H groups in total. The Morgan fingerprint density at radius 1 is 1.06 bits per heavy atom. The number of hydrogen-bond donors (Lipinski definition) is 0. The fourth-order valence-electron chi connectivity index (χ4n) is 3.75. The topological polar surface area (TPSA) is 66.0 Å². The minimum absolute atomic E-state index is 0.205. The van der Waals surface area contributed by atoms with E-state index in [1.165, 1.54) is 4.90 Å². The van der Waals surface area contributed by atoms with E-state index in [-0.39, 0.29) is 5.91 Å². The average molecular weight is 425 g/mol. The molecule has 0 atom stereocenters. The van der Waals surface area contributed by atoms with Crippen molar-refractivity contribution in [3.63, 3.8) is 0 Å². The lowest BCUT2D eigenvalue weighted by atomic mass is 10.1. The molecule has 0 bridgehead atoms. The van der Waals surface area contributed by atoms with Gasteiger partial charge in [-0.25, -0.2) is 14.7 Å². The van der Waals surface area contributed by atoms with E-state index in [1.807, 2.05) is 32.9 Å². The quantitative estimate of drug-likeness (QED) is 0.634. The van der Waals surface area contributed by atoms with Crippen LogP contribution in [-0.2, 0) is 4.74 Å². The first kappa shape index (κ1) is 22.7. The van der Waals surface area contributed by atoms with E-state index in [1.54, 1.807) is 24.1 Å². The first-order valence-corrected chi connectivity index (χ1v) is 10.8. The number of ether oxygens (including phenoxy) is 1. The molecule has 1 aliphatic heterocycles. The monoisotopic (exact) mass is 424 g/mol. The summed E-state index contributed by atoms with van der Waals surface area (Å²) in [4.78, 5) is 36.4. The van der Waals surface area contributed by atoms with E-state index in [0.29, 0.717) is 29.4 Å². The molecule has 0 spiro atoms. The van der Waals surface area contributed by atoms with Gasteiger partial charge >= 0.3 is 6.09 Å². The number of amides is 2. The second-order valence-corrected chi connectivity index (χ2v) is 7.94. The molecule has 1 aromatic heterocycles. The normalized spacial score (nSPS) is 13.2. The molecular formula is C24H32N4O3. The van der Waals surface area contributed by atoms with Crippen LogP contribution < -0.4 is 9.80 Å². The van der Waals surface area contributed by atoms with Gasteiger partial charge in [-0.05, 0) is 75.7 Å². The van der Waals surface area contributed by atoms with Crippen LogP contribution in [0.15, 0.2) is 24.3 Å². The van der Waals surface area contributed by atoms with Gasteiger partial charge in [0.05, 0.1) is 23.5 Å². The molecule has 0 aliphatic carbocycles. The molecular weight excluding hydrogens is 392 g/mol. The lowest BCUT2D eigenvalue weighted by Gasteiger charge is -2.25. The van der Waals surface area contributed by atoms with E-state index < -0.39 is 6.09 Å². The van der Waals surface area contributed by atoms with Crippen LogP contribution in [0.3, 0.4) is 0 Å².